The van der Waals surface area contributed by atoms with Gasteiger partial charge in [-0.3, -0.25) is 9.59 Å². The lowest BCUT2D eigenvalue weighted by molar-refractivity contribution is -0.136. The first-order valence-electron chi connectivity index (χ1n) is 7.62. The van der Waals surface area contributed by atoms with Gasteiger partial charge in [-0.15, -0.1) is 5.10 Å². The molecule has 8 heteroatoms. The molecule has 8 nitrogen and oxygen atoms in total. The maximum absolute atomic E-state index is 12.7. The predicted octanol–water partition coefficient (Wildman–Crippen LogP) is 1.11. The molecule has 0 amide bonds. The summed E-state index contributed by atoms with van der Waals surface area (Å²) in [4.78, 5) is 28.2. The highest BCUT2D eigenvalue weighted by molar-refractivity contribution is 5.86. The summed E-state index contributed by atoms with van der Waals surface area (Å²) in [6.45, 7) is 0.0674. The van der Waals surface area contributed by atoms with Gasteiger partial charge in [-0.25, -0.2) is 14.2 Å². The van der Waals surface area contributed by atoms with E-state index in [-0.39, 0.29) is 18.5 Å². The van der Waals surface area contributed by atoms with Gasteiger partial charge in [0.25, 0.3) is 5.56 Å². The van der Waals surface area contributed by atoms with Gasteiger partial charge in [-0.05, 0) is 18.2 Å². The van der Waals surface area contributed by atoms with Crippen molar-refractivity contribution < 1.29 is 9.90 Å². The second-order valence-corrected chi connectivity index (χ2v) is 5.56. The highest BCUT2D eigenvalue weighted by Crippen LogP contribution is 2.14. The number of aromatic nitrogens is 5. The number of carbonyl (C=O) groups is 1. The lowest BCUT2D eigenvalue weighted by Crippen LogP contribution is -2.26. The van der Waals surface area contributed by atoms with Gasteiger partial charge in [0.1, 0.15) is 6.54 Å². The van der Waals surface area contributed by atoms with Crippen molar-refractivity contribution in [3.63, 3.8) is 0 Å². The molecule has 0 fully saturated rings. The first kappa shape index (κ1) is 15.0. The van der Waals surface area contributed by atoms with E-state index in [0.29, 0.717) is 27.9 Å². The Balaban J connectivity index is 1.84. The number of hydrogen-bond acceptors (Lipinski definition) is 5. The fraction of sp³-hybridized carbons (Fsp3) is 0.118. The molecule has 0 radical (unpaired) electrons. The molecule has 25 heavy (non-hydrogen) atoms. The summed E-state index contributed by atoms with van der Waals surface area (Å²) >= 11 is 0. The molecular weight excluding hydrogens is 322 g/mol. The fourth-order valence-corrected chi connectivity index (χ4v) is 2.76. The monoisotopic (exact) mass is 335 g/mol. The first-order valence-corrected chi connectivity index (χ1v) is 7.62. The van der Waals surface area contributed by atoms with Crippen LogP contribution in [-0.2, 0) is 17.8 Å². The van der Waals surface area contributed by atoms with Gasteiger partial charge in [0, 0.05) is 11.6 Å². The summed E-state index contributed by atoms with van der Waals surface area (Å²) in [5.41, 5.74) is 0.701. The highest BCUT2D eigenvalue weighted by Gasteiger charge is 2.14. The van der Waals surface area contributed by atoms with Crippen molar-refractivity contribution in [2.45, 2.75) is 13.0 Å². The number of carboxylic acid groups (broad SMARTS) is 1. The van der Waals surface area contributed by atoms with Crippen LogP contribution in [0.3, 0.4) is 0 Å². The van der Waals surface area contributed by atoms with E-state index >= 15 is 0 Å². The summed E-state index contributed by atoms with van der Waals surface area (Å²) in [6.07, 6.45) is 1.50. The normalized spacial score (nSPS) is 11.2. The van der Waals surface area contributed by atoms with Gasteiger partial charge in [0.2, 0.25) is 0 Å². The molecule has 0 aliphatic carbocycles. The van der Waals surface area contributed by atoms with E-state index in [9.17, 15) is 9.59 Å². The molecule has 3 aromatic heterocycles. The Morgan fingerprint density at radius 2 is 1.80 bits per heavy atom. The molecule has 0 saturated carbocycles. The summed E-state index contributed by atoms with van der Waals surface area (Å²) in [7, 11) is 0. The van der Waals surface area contributed by atoms with Crippen molar-refractivity contribution in [2.75, 3.05) is 0 Å². The number of nitrogens with zero attached hydrogens (tertiary/aromatic N) is 5. The van der Waals surface area contributed by atoms with Gasteiger partial charge >= 0.3 is 5.97 Å². The zero-order valence-electron chi connectivity index (χ0n) is 13.0. The van der Waals surface area contributed by atoms with Crippen LogP contribution in [0.15, 0.2) is 53.5 Å². The first-order chi connectivity index (χ1) is 12.1. The standard InChI is InChI=1S/C17H13N5O3/c23-16(24)9-13-11-5-1-2-6-12(11)17(25)22(19-13)10-14-18-15-7-3-4-8-21(15)20-14/h1-8H,9-10H2,(H,23,24). The van der Waals surface area contributed by atoms with Gasteiger partial charge in [-0.1, -0.05) is 24.3 Å². The molecule has 1 N–H and O–H groups in total. The molecule has 0 bridgehead atoms. The van der Waals surface area contributed by atoms with E-state index in [1.807, 2.05) is 18.2 Å². The number of aliphatic carboxylic acids is 1. The molecule has 4 aromatic rings. The molecule has 0 aliphatic rings. The topological polar surface area (TPSA) is 102 Å². The molecule has 0 atom stereocenters. The van der Waals surface area contributed by atoms with Crippen LogP contribution < -0.4 is 5.56 Å². The quantitative estimate of drug-likeness (QED) is 0.599. The Bertz CT molecular complexity index is 1130. The van der Waals surface area contributed by atoms with Crippen molar-refractivity contribution in [3.8, 4) is 0 Å². The average Bonchev–Trinajstić information content (AvgIpc) is 3.01. The maximum atomic E-state index is 12.7. The third kappa shape index (κ3) is 2.74. The zero-order valence-corrected chi connectivity index (χ0v) is 13.0. The zero-order chi connectivity index (χ0) is 17.4. The fourth-order valence-electron chi connectivity index (χ4n) is 2.76. The van der Waals surface area contributed by atoms with Crippen LogP contribution in [-0.4, -0.2) is 35.5 Å². The summed E-state index contributed by atoms with van der Waals surface area (Å²) in [6, 6.07) is 12.3. The van der Waals surface area contributed by atoms with Crippen molar-refractivity contribution in [1.29, 1.82) is 0 Å². The molecule has 3 heterocycles. The van der Waals surface area contributed by atoms with Gasteiger partial charge in [0.15, 0.2) is 11.5 Å². The third-order valence-electron chi connectivity index (χ3n) is 3.84. The number of benzene rings is 1. The van der Waals surface area contributed by atoms with Crippen LogP contribution in [0, 0.1) is 0 Å². The van der Waals surface area contributed by atoms with Crippen LogP contribution in [0.25, 0.3) is 16.4 Å². The van der Waals surface area contributed by atoms with E-state index < -0.39 is 5.97 Å². The number of pyridine rings is 1. The van der Waals surface area contributed by atoms with E-state index in [1.165, 1.54) is 4.68 Å². The summed E-state index contributed by atoms with van der Waals surface area (Å²) < 4.78 is 2.83. The molecule has 0 aliphatic heterocycles. The Labute approximate surface area is 141 Å². The van der Waals surface area contributed by atoms with Gasteiger partial charge < -0.3 is 5.11 Å². The summed E-state index contributed by atoms with van der Waals surface area (Å²) in [5, 5.41) is 18.6. The second-order valence-electron chi connectivity index (χ2n) is 5.56. The molecule has 0 saturated heterocycles. The second kappa shape index (κ2) is 5.82. The third-order valence-corrected chi connectivity index (χ3v) is 3.84. The molecule has 1 aromatic carbocycles. The molecule has 0 unspecified atom stereocenters. The van der Waals surface area contributed by atoms with Crippen molar-refractivity contribution in [1.82, 2.24) is 24.4 Å². The Hall–Kier alpha value is -3.55. The van der Waals surface area contributed by atoms with E-state index in [0.717, 1.165) is 0 Å². The Morgan fingerprint density at radius 1 is 1.04 bits per heavy atom. The van der Waals surface area contributed by atoms with E-state index in [2.05, 4.69) is 15.2 Å². The number of hydrogen-bond donors (Lipinski definition) is 1. The average molecular weight is 335 g/mol. The highest BCUT2D eigenvalue weighted by atomic mass is 16.4. The maximum Gasteiger partial charge on any atom is 0.309 e. The van der Waals surface area contributed by atoms with E-state index in [4.69, 9.17) is 5.11 Å². The van der Waals surface area contributed by atoms with Crippen LogP contribution >= 0.6 is 0 Å². The lowest BCUT2D eigenvalue weighted by Gasteiger charge is -2.08. The van der Waals surface area contributed by atoms with Crippen LogP contribution in [0.1, 0.15) is 11.5 Å². The number of carboxylic acids is 1. The van der Waals surface area contributed by atoms with Gasteiger partial charge in [-0.2, -0.15) is 5.10 Å². The smallest absolute Gasteiger partial charge is 0.309 e. The molecular formula is C17H13N5O3. The number of fused-ring (bicyclic) bond motifs is 2. The van der Waals surface area contributed by atoms with Crippen molar-refractivity contribution in [2.24, 2.45) is 0 Å². The SMILES string of the molecule is O=C(O)Cc1nn(Cc2nc3ccccn3n2)c(=O)c2ccccc12. The minimum absolute atomic E-state index is 0.0674. The Kier molecular flexibility index (Phi) is 3.50. The lowest BCUT2D eigenvalue weighted by atomic mass is 10.1. The molecule has 124 valence electrons. The predicted molar refractivity (Wildman–Crippen MR) is 89.4 cm³/mol. The largest absolute Gasteiger partial charge is 0.481 e. The molecule has 0 spiro atoms. The van der Waals surface area contributed by atoms with Crippen molar-refractivity contribution >= 4 is 22.4 Å². The van der Waals surface area contributed by atoms with Gasteiger partial charge in [0.05, 0.1) is 17.5 Å². The minimum atomic E-state index is -1.01. The van der Waals surface area contributed by atoms with Crippen LogP contribution in [0.5, 0.6) is 0 Å². The number of rotatable bonds is 4. The minimum Gasteiger partial charge on any atom is -0.481 e. The van der Waals surface area contributed by atoms with Crippen LogP contribution in [0.4, 0.5) is 0 Å². The summed E-state index contributed by atoms with van der Waals surface area (Å²) in [5.74, 6) is -0.578. The molecule has 4 rings (SSSR count). The van der Waals surface area contributed by atoms with Crippen LogP contribution in [0.2, 0.25) is 0 Å². The van der Waals surface area contributed by atoms with E-state index in [1.54, 1.807) is 35.0 Å². The Morgan fingerprint density at radius 3 is 2.56 bits per heavy atom. The van der Waals surface area contributed by atoms with Crippen molar-refractivity contribution in [3.05, 3.63) is 70.5 Å².